The summed E-state index contributed by atoms with van der Waals surface area (Å²) in [6.45, 7) is 6.59. The summed E-state index contributed by atoms with van der Waals surface area (Å²) in [5.41, 5.74) is 9.40. The predicted octanol–water partition coefficient (Wildman–Crippen LogP) is 11.0. The van der Waals surface area contributed by atoms with Crippen molar-refractivity contribution in [3.8, 4) is 28.6 Å². The molecule has 0 spiro atoms. The summed E-state index contributed by atoms with van der Waals surface area (Å²) in [4.78, 5) is 15.3. The smallest absolute Gasteiger partial charge is 0.458 e. The van der Waals surface area contributed by atoms with Gasteiger partial charge in [0.05, 0.1) is 22.3 Å². The molecule has 0 atom stereocenters. The molecular formula is C45H31N5OPt. The van der Waals surface area contributed by atoms with Crippen LogP contribution in [0.3, 0.4) is 0 Å². The van der Waals surface area contributed by atoms with Crippen LogP contribution in [0.15, 0.2) is 134 Å². The van der Waals surface area contributed by atoms with Crippen molar-refractivity contribution >= 4 is 60.3 Å². The summed E-state index contributed by atoms with van der Waals surface area (Å²) in [5.74, 6) is 1.03. The molecule has 7 heteroatoms. The molecule has 0 aliphatic heterocycles. The van der Waals surface area contributed by atoms with Crippen molar-refractivity contribution in [2.45, 2.75) is 26.2 Å². The Bertz CT molecular complexity index is 2980. The fourth-order valence-electron chi connectivity index (χ4n) is 7.30. The maximum Gasteiger partial charge on any atom is 2.00 e. The van der Waals surface area contributed by atoms with Gasteiger partial charge in [-0.1, -0.05) is 98.6 Å². The number of pyridine rings is 3. The maximum absolute atomic E-state index is 6.90. The average molecular weight is 853 g/mol. The van der Waals surface area contributed by atoms with Crippen molar-refractivity contribution in [1.29, 1.82) is 0 Å². The van der Waals surface area contributed by atoms with Crippen LogP contribution in [0.4, 0.5) is 0 Å². The van der Waals surface area contributed by atoms with Crippen molar-refractivity contribution in [2.75, 3.05) is 0 Å². The first kappa shape index (κ1) is 32.1. The SMILES string of the molecule is CC(C)(C)c1ccc(-c2[c-]c(Oc3ccc4c5ccccc5n(-c5[c-]cccc5)c4n3)c3c4ccccc4n4c5ccccc5nc4c3c2)nc1.[Pt+2]. The Hall–Kier alpha value is -5.84. The minimum Gasteiger partial charge on any atom is -0.458 e. The topological polar surface area (TPSA) is 57.2 Å². The maximum atomic E-state index is 6.90. The summed E-state index contributed by atoms with van der Waals surface area (Å²) in [6.07, 6.45) is 1.96. The molecule has 0 bridgehead atoms. The van der Waals surface area contributed by atoms with E-state index in [0.29, 0.717) is 11.6 Å². The molecule has 6 nitrogen and oxygen atoms in total. The van der Waals surface area contributed by atoms with E-state index in [1.54, 1.807) is 0 Å². The van der Waals surface area contributed by atoms with Gasteiger partial charge in [0.15, 0.2) is 0 Å². The second-order valence-electron chi connectivity index (χ2n) is 14.0. The molecule has 5 aromatic carbocycles. The first-order valence-corrected chi connectivity index (χ1v) is 17.1. The summed E-state index contributed by atoms with van der Waals surface area (Å²) in [6, 6.07) is 50.5. The van der Waals surface area contributed by atoms with Gasteiger partial charge >= 0.3 is 21.1 Å². The second kappa shape index (κ2) is 12.1. The van der Waals surface area contributed by atoms with Crippen LogP contribution < -0.4 is 4.74 Å². The Labute approximate surface area is 314 Å². The average Bonchev–Trinajstić information content (AvgIpc) is 3.71. The van der Waals surface area contributed by atoms with E-state index in [4.69, 9.17) is 19.7 Å². The third-order valence-electron chi connectivity index (χ3n) is 9.79. The largest absolute Gasteiger partial charge is 2.00 e. The van der Waals surface area contributed by atoms with Crippen LogP contribution in [-0.2, 0) is 26.5 Å². The number of nitrogens with zero attached hydrogens (tertiary/aromatic N) is 5. The fourth-order valence-corrected chi connectivity index (χ4v) is 7.30. The van der Waals surface area contributed by atoms with Crippen LogP contribution in [-0.4, -0.2) is 23.9 Å². The number of aromatic nitrogens is 5. The van der Waals surface area contributed by atoms with Gasteiger partial charge in [-0.15, -0.1) is 17.7 Å². The first-order chi connectivity index (χ1) is 24.9. The summed E-state index contributed by atoms with van der Waals surface area (Å²) < 4.78 is 11.3. The van der Waals surface area contributed by atoms with E-state index >= 15 is 0 Å². The molecule has 0 aliphatic rings. The first-order valence-electron chi connectivity index (χ1n) is 17.1. The molecule has 252 valence electrons. The number of imidazole rings is 1. The Morgan fingerprint density at radius 1 is 0.654 bits per heavy atom. The molecule has 10 aromatic rings. The van der Waals surface area contributed by atoms with E-state index in [2.05, 4.69) is 139 Å². The van der Waals surface area contributed by atoms with Crippen LogP contribution in [0.2, 0.25) is 0 Å². The molecule has 0 amide bonds. The van der Waals surface area contributed by atoms with E-state index in [9.17, 15) is 0 Å². The fraction of sp³-hybridized carbons (Fsp3) is 0.0889. The standard InChI is InChI=1S/C45H31N5O.Pt/c1-45(2,3)29-21-23-35(46-27-29)28-25-34-42(33-16-8-11-19-38(33)50-39-20-12-9-17-36(39)47-44(34)50)40(26-28)51-41-24-22-32-31-15-7-10-18-37(31)49(43(32)48-41)30-13-5-4-6-14-30;/h4-13,15-25,27H,1-3H3;/q-2;+2. The van der Waals surface area contributed by atoms with Gasteiger partial charge in [0.2, 0.25) is 5.88 Å². The van der Waals surface area contributed by atoms with Crippen molar-refractivity contribution in [3.63, 3.8) is 0 Å². The number of hydrogen-bond acceptors (Lipinski definition) is 4. The molecule has 0 saturated heterocycles. The van der Waals surface area contributed by atoms with Gasteiger partial charge < -0.3 is 14.3 Å². The molecule has 52 heavy (non-hydrogen) atoms. The molecule has 5 aromatic heterocycles. The third-order valence-corrected chi connectivity index (χ3v) is 9.79. The van der Waals surface area contributed by atoms with Crippen molar-refractivity contribution in [2.24, 2.45) is 0 Å². The van der Waals surface area contributed by atoms with Gasteiger partial charge in [0, 0.05) is 28.6 Å². The second-order valence-corrected chi connectivity index (χ2v) is 14.0. The van der Waals surface area contributed by atoms with Crippen LogP contribution in [0.25, 0.3) is 77.2 Å². The number of rotatable bonds is 4. The van der Waals surface area contributed by atoms with Crippen LogP contribution in [0.5, 0.6) is 11.6 Å². The van der Waals surface area contributed by atoms with E-state index in [1.807, 2.05) is 36.5 Å². The van der Waals surface area contributed by atoms with Crippen LogP contribution >= 0.6 is 0 Å². The predicted molar refractivity (Wildman–Crippen MR) is 206 cm³/mol. The minimum atomic E-state index is -0.0156. The monoisotopic (exact) mass is 852 g/mol. The van der Waals surface area contributed by atoms with Crippen LogP contribution in [0, 0.1) is 12.1 Å². The number of para-hydroxylation sites is 5. The Balaban J connectivity index is 0.00000360. The Kier molecular flexibility index (Phi) is 7.49. The van der Waals surface area contributed by atoms with Gasteiger partial charge in [-0.2, -0.15) is 29.2 Å². The number of fused-ring (bicyclic) bond motifs is 11. The zero-order valence-corrected chi connectivity index (χ0v) is 30.9. The van der Waals surface area contributed by atoms with Gasteiger partial charge in [-0.3, -0.25) is 4.40 Å². The van der Waals surface area contributed by atoms with Crippen LogP contribution in [0.1, 0.15) is 26.3 Å². The number of ether oxygens (including phenoxy) is 1. The molecule has 5 heterocycles. The molecule has 0 aliphatic carbocycles. The zero-order chi connectivity index (χ0) is 34.3. The van der Waals surface area contributed by atoms with Gasteiger partial charge in [0.1, 0.15) is 11.3 Å². The molecule has 10 rings (SSSR count). The summed E-state index contributed by atoms with van der Waals surface area (Å²) in [5, 5.41) is 5.06. The van der Waals surface area contributed by atoms with E-state index < -0.39 is 0 Å². The molecule has 0 fully saturated rings. The van der Waals surface area contributed by atoms with Gasteiger partial charge in [-0.25, -0.2) is 4.98 Å². The van der Waals surface area contributed by atoms with Crippen molar-refractivity contribution in [3.05, 3.63) is 151 Å². The van der Waals surface area contributed by atoms with Crippen molar-refractivity contribution < 1.29 is 25.8 Å². The Morgan fingerprint density at radius 2 is 1.40 bits per heavy atom. The third kappa shape index (κ3) is 5.01. The van der Waals surface area contributed by atoms with E-state index in [1.165, 1.54) is 5.56 Å². The normalized spacial score (nSPS) is 12.0. The van der Waals surface area contributed by atoms with E-state index in [0.717, 1.165) is 77.2 Å². The number of hydrogen-bond donors (Lipinski definition) is 0. The van der Waals surface area contributed by atoms with Crippen molar-refractivity contribution in [1.82, 2.24) is 23.9 Å². The molecule has 0 radical (unpaired) electrons. The van der Waals surface area contributed by atoms with E-state index in [-0.39, 0.29) is 26.5 Å². The molecular weight excluding hydrogens is 822 g/mol. The summed E-state index contributed by atoms with van der Waals surface area (Å²) in [7, 11) is 0. The Morgan fingerprint density at radius 3 is 2.17 bits per heavy atom. The van der Waals surface area contributed by atoms with Gasteiger partial charge in [-0.05, 0) is 57.8 Å². The molecule has 0 unspecified atom stereocenters. The molecule has 0 N–H and O–H groups in total. The zero-order valence-electron chi connectivity index (χ0n) is 28.7. The number of benzene rings is 5. The van der Waals surface area contributed by atoms with Gasteiger partial charge in [0.25, 0.3) is 0 Å². The quantitative estimate of drug-likeness (QED) is 0.131. The molecule has 0 saturated carbocycles. The minimum absolute atomic E-state index is 0. The summed E-state index contributed by atoms with van der Waals surface area (Å²) >= 11 is 0.